The van der Waals surface area contributed by atoms with E-state index in [1.165, 1.54) is 18.4 Å². The lowest BCUT2D eigenvalue weighted by Crippen LogP contribution is -2.40. The molecule has 0 aromatic heterocycles. The summed E-state index contributed by atoms with van der Waals surface area (Å²) < 4.78 is 0. The van der Waals surface area contributed by atoms with Crippen molar-refractivity contribution in [2.24, 2.45) is 5.92 Å². The minimum Gasteiger partial charge on any atom is -0.398 e. The van der Waals surface area contributed by atoms with Gasteiger partial charge in [0, 0.05) is 24.5 Å². The standard InChI is InChI=1S/C15H21N3O.ClH/c16-13-4-1-5-14-12(13)3-2-8-18(14)10-15(19)17-9-11-6-7-11;/h1,4-5,11H,2-3,6-10,16H2,(H,17,19);1H. The fourth-order valence-electron chi connectivity index (χ4n) is 2.70. The van der Waals surface area contributed by atoms with Gasteiger partial charge in [0.1, 0.15) is 0 Å². The van der Waals surface area contributed by atoms with Gasteiger partial charge in [-0.25, -0.2) is 0 Å². The van der Waals surface area contributed by atoms with Gasteiger partial charge in [-0.2, -0.15) is 0 Å². The highest BCUT2D eigenvalue weighted by atomic mass is 35.5. The first-order chi connectivity index (χ1) is 9.24. The van der Waals surface area contributed by atoms with E-state index in [2.05, 4.69) is 16.3 Å². The van der Waals surface area contributed by atoms with Crippen molar-refractivity contribution in [1.82, 2.24) is 5.32 Å². The van der Waals surface area contributed by atoms with Crippen LogP contribution in [0.2, 0.25) is 0 Å². The quantitative estimate of drug-likeness (QED) is 0.835. The van der Waals surface area contributed by atoms with Gasteiger partial charge in [0.05, 0.1) is 6.54 Å². The number of rotatable bonds is 4. The van der Waals surface area contributed by atoms with Gasteiger partial charge in [0.25, 0.3) is 0 Å². The van der Waals surface area contributed by atoms with Crippen LogP contribution in [0.3, 0.4) is 0 Å². The van der Waals surface area contributed by atoms with E-state index < -0.39 is 0 Å². The number of fused-ring (bicyclic) bond motifs is 1. The molecule has 1 amide bonds. The number of halogens is 1. The highest BCUT2D eigenvalue weighted by Gasteiger charge is 2.23. The van der Waals surface area contributed by atoms with E-state index in [1.807, 2.05) is 12.1 Å². The van der Waals surface area contributed by atoms with Crippen LogP contribution in [0.5, 0.6) is 0 Å². The molecular formula is C15H22ClN3O. The van der Waals surface area contributed by atoms with Gasteiger partial charge < -0.3 is 16.0 Å². The summed E-state index contributed by atoms with van der Waals surface area (Å²) >= 11 is 0. The minimum absolute atomic E-state index is 0. The summed E-state index contributed by atoms with van der Waals surface area (Å²) in [6.07, 6.45) is 4.62. The largest absolute Gasteiger partial charge is 0.398 e. The molecule has 110 valence electrons. The maximum absolute atomic E-state index is 12.0. The molecule has 1 fully saturated rings. The molecule has 20 heavy (non-hydrogen) atoms. The zero-order chi connectivity index (χ0) is 13.2. The van der Waals surface area contributed by atoms with Gasteiger partial charge in [-0.1, -0.05) is 6.07 Å². The molecule has 1 aromatic rings. The maximum atomic E-state index is 12.0. The predicted octanol–water partition coefficient (Wildman–Crippen LogP) is 1.97. The SMILES string of the molecule is Cl.Nc1cccc2c1CCCN2CC(=O)NCC1CC1. The second kappa shape index (κ2) is 6.35. The van der Waals surface area contributed by atoms with Crippen molar-refractivity contribution < 1.29 is 4.79 Å². The molecule has 3 rings (SSSR count). The van der Waals surface area contributed by atoms with Crippen molar-refractivity contribution in [1.29, 1.82) is 0 Å². The number of hydrogen-bond donors (Lipinski definition) is 2. The monoisotopic (exact) mass is 295 g/mol. The molecule has 3 N–H and O–H groups in total. The summed E-state index contributed by atoms with van der Waals surface area (Å²) in [6.45, 7) is 2.23. The van der Waals surface area contributed by atoms with Gasteiger partial charge in [-0.15, -0.1) is 12.4 Å². The molecule has 1 aliphatic carbocycles. The van der Waals surface area contributed by atoms with E-state index in [0.717, 1.165) is 43.2 Å². The molecule has 5 heteroatoms. The van der Waals surface area contributed by atoms with Gasteiger partial charge >= 0.3 is 0 Å². The van der Waals surface area contributed by atoms with Crippen LogP contribution in [0.15, 0.2) is 18.2 Å². The lowest BCUT2D eigenvalue weighted by molar-refractivity contribution is -0.119. The molecular weight excluding hydrogens is 274 g/mol. The fraction of sp³-hybridized carbons (Fsp3) is 0.533. The van der Waals surface area contributed by atoms with Crippen LogP contribution in [0.4, 0.5) is 11.4 Å². The summed E-state index contributed by atoms with van der Waals surface area (Å²) in [7, 11) is 0. The smallest absolute Gasteiger partial charge is 0.239 e. The predicted molar refractivity (Wildman–Crippen MR) is 84.4 cm³/mol. The zero-order valence-electron chi connectivity index (χ0n) is 11.6. The average molecular weight is 296 g/mol. The lowest BCUT2D eigenvalue weighted by atomic mass is 10.00. The topological polar surface area (TPSA) is 58.4 Å². The number of nitrogens with two attached hydrogens (primary N) is 1. The third-order valence-corrected chi connectivity index (χ3v) is 4.00. The molecule has 2 aliphatic rings. The summed E-state index contributed by atoms with van der Waals surface area (Å²) in [4.78, 5) is 14.1. The van der Waals surface area contributed by atoms with E-state index in [0.29, 0.717) is 6.54 Å². The molecule has 1 aliphatic heterocycles. The van der Waals surface area contributed by atoms with Crippen molar-refractivity contribution in [2.45, 2.75) is 25.7 Å². The second-order valence-corrected chi connectivity index (χ2v) is 5.62. The molecule has 0 unspecified atom stereocenters. The van der Waals surface area contributed by atoms with Crippen molar-refractivity contribution in [2.75, 3.05) is 30.3 Å². The molecule has 0 radical (unpaired) electrons. The number of nitrogen functional groups attached to an aromatic ring is 1. The minimum atomic E-state index is 0. The van der Waals surface area contributed by atoms with Gasteiger partial charge in [-0.3, -0.25) is 4.79 Å². The molecule has 0 saturated heterocycles. The van der Waals surface area contributed by atoms with Crippen LogP contribution in [-0.4, -0.2) is 25.5 Å². The van der Waals surface area contributed by atoms with Crippen LogP contribution >= 0.6 is 12.4 Å². The number of nitrogens with one attached hydrogen (secondary N) is 1. The first kappa shape index (κ1) is 15.0. The maximum Gasteiger partial charge on any atom is 0.239 e. The van der Waals surface area contributed by atoms with Crippen LogP contribution in [0.25, 0.3) is 0 Å². The summed E-state index contributed by atoms with van der Waals surface area (Å²) in [6, 6.07) is 5.98. The number of anilines is 2. The number of nitrogens with zero attached hydrogens (tertiary/aromatic N) is 1. The molecule has 1 aromatic carbocycles. The van der Waals surface area contributed by atoms with E-state index in [4.69, 9.17) is 5.73 Å². The Hall–Kier alpha value is -1.42. The summed E-state index contributed by atoms with van der Waals surface area (Å²) in [5, 5.41) is 3.03. The van der Waals surface area contributed by atoms with Crippen molar-refractivity contribution in [3.63, 3.8) is 0 Å². The molecule has 0 bridgehead atoms. The highest BCUT2D eigenvalue weighted by Crippen LogP contribution is 2.31. The Morgan fingerprint density at radius 1 is 1.40 bits per heavy atom. The average Bonchev–Trinajstić information content (AvgIpc) is 3.22. The van der Waals surface area contributed by atoms with Crippen molar-refractivity contribution in [3.05, 3.63) is 23.8 Å². The summed E-state index contributed by atoms with van der Waals surface area (Å²) in [5.74, 6) is 0.857. The first-order valence-corrected chi connectivity index (χ1v) is 7.13. The van der Waals surface area contributed by atoms with Crippen molar-refractivity contribution in [3.8, 4) is 0 Å². The Morgan fingerprint density at radius 2 is 2.20 bits per heavy atom. The van der Waals surface area contributed by atoms with Crippen LogP contribution in [0, 0.1) is 5.92 Å². The Labute approximate surface area is 126 Å². The van der Waals surface area contributed by atoms with Gasteiger partial charge in [0.15, 0.2) is 0 Å². The van der Waals surface area contributed by atoms with Crippen LogP contribution < -0.4 is 16.0 Å². The Morgan fingerprint density at radius 3 is 2.95 bits per heavy atom. The Balaban J connectivity index is 0.00000147. The molecule has 1 heterocycles. The van der Waals surface area contributed by atoms with E-state index in [9.17, 15) is 4.79 Å². The first-order valence-electron chi connectivity index (χ1n) is 7.13. The van der Waals surface area contributed by atoms with Crippen molar-refractivity contribution >= 4 is 29.7 Å². The lowest BCUT2D eigenvalue weighted by Gasteiger charge is -2.31. The van der Waals surface area contributed by atoms with E-state index in [-0.39, 0.29) is 18.3 Å². The third-order valence-electron chi connectivity index (χ3n) is 4.00. The van der Waals surface area contributed by atoms with Gasteiger partial charge in [0.2, 0.25) is 5.91 Å². The number of hydrogen-bond acceptors (Lipinski definition) is 3. The van der Waals surface area contributed by atoms with Crippen LogP contribution in [-0.2, 0) is 11.2 Å². The number of benzene rings is 1. The fourth-order valence-corrected chi connectivity index (χ4v) is 2.70. The summed E-state index contributed by atoms with van der Waals surface area (Å²) in [5.41, 5.74) is 9.19. The molecule has 4 nitrogen and oxygen atoms in total. The highest BCUT2D eigenvalue weighted by molar-refractivity contribution is 5.85. The normalized spacial score (nSPS) is 17.1. The third kappa shape index (κ3) is 3.37. The number of carbonyl (C=O) groups excluding carboxylic acids is 1. The van der Waals surface area contributed by atoms with Crippen LogP contribution in [0.1, 0.15) is 24.8 Å². The zero-order valence-corrected chi connectivity index (χ0v) is 12.4. The number of amides is 1. The Bertz CT molecular complexity index is 488. The van der Waals surface area contributed by atoms with E-state index in [1.54, 1.807) is 0 Å². The van der Waals surface area contributed by atoms with E-state index >= 15 is 0 Å². The number of carbonyl (C=O) groups is 1. The molecule has 0 atom stereocenters. The van der Waals surface area contributed by atoms with Gasteiger partial charge in [-0.05, 0) is 49.3 Å². The molecule has 0 spiro atoms. The molecule has 1 saturated carbocycles. The Kier molecular flexibility index (Phi) is 4.76. The second-order valence-electron chi connectivity index (χ2n) is 5.62.